The molecule has 2 aromatic rings. The van der Waals surface area contributed by atoms with E-state index in [1.807, 2.05) is 20.0 Å². The van der Waals surface area contributed by atoms with E-state index in [-0.39, 0.29) is 6.10 Å². The van der Waals surface area contributed by atoms with E-state index in [0.717, 1.165) is 57.2 Å². The van der Waals surface area contributed by atoms with Gasteiger partial charge in [0.25, 0.3) is 0 Å². The van der Waals surface area contributed by atoms with Crippen LogP contribution in [0.1, 0.15) is 76.5 Å². The van der Waals surface area contributed by atoms with Crippen molar-refractivity contribution in [1.29, 1.82) is 0 Å². The van der Waals surface area contributed by atoms with Gasteiger partial charge in [0.1, 0.15) is 0 Å². The fourth-order valence-electron chi connectivity index (χ4n) is 4.02. The van der Waals surface area contributed by atoms with Crippen LogP contribution in [0.3, 0.4) is 0 Å². The second-order valence-corrected chi connectivity index (χ2v) is 7.35. The van der Waals surface area contributed by atoms with E-state index in [1.54, 1.807) is 0 Å². The fraction of sp³-hybridized carbons (Fsp3) is 0.636. The lowest BCUT2D eigenvalue weighted by Gasteiger charge is -2.25. The molecule has 28 heavy (non-hydrogen) atoms. The smallest absolute Gasteiger partial charge is 0.241 e. The highest BCUT2D eigenvalue weighted by atomic mass is 16.5. The van der Waals surface area contributed by atoms with Crippen molar-refractivity contribution in [2.75, 3.05) is 25.1 Å². The summed E-state index contributed by atoms with van der Waals surface area (Å²) in [4.78, 5) is 4.53. The minimum absolute atomic E-state index is 0.147. The van der Waals surface area contributed by atoms with Crippen LogP contribution in [-0.4, -0.2) is 45.6 Å². The summed E-state index contributed by atoms with van der Waals surface area (Å²) in [6.45, 7) is 8.45. The third-order valence-corrected chi connectivity index (χ3v) is 5.50. The van der Waals surface area contributed by atoms with Crippen LogP contribution in [0.15, 0.2) is 18.3 Å². The predicted molar refractivity (Wildman–Crippen MR) is 114 cm³/mol. The number of nitrogens with one attached hydrogen (secondary N) is 1. The summed E-state index contributed by atoms with van der Waals surface area (Å²) in [5.74, 6) is 1.12. The first kappa shape index (κ1) is 20.8. The van der Waals surface area contributed by atoms with Gasteiger partial charge >= 0.3 is 0 Å². The van der Waals surface area contributed by atoms with Gasteiger partial charge in [-0.1, -0.05) is 26.8 Å². The average Bonchev–Trinajstić information content (AvgIpc) is 3.14. The summed E-state index contributed by atoms with van der Waals surface area (Å²) in [7, 11) is 0. The van der Waals surface area contributed by atoms with E-state index in [2.05, 4.69) is 33.9 Å². The van der Waals surface area contributed by atoms with Gasteiger partial charge in [0.15, 0.2) is 0 Å². The Morgan fingerprint density at radius 2 is 2.04 bits per heavy atom. The number of aliphatic hydroxyl groups excluding tert-OH is 1. The van der Waals surface area contributed by atoms with Crippen molar-refractivity contribution in [3.8, 4) is 0 Å². The maximum atomic E-state index is 9.87. The van der Waals surface area contributed by atoms with Crippen LogP contribution in [-0.2, 0) is 4.74 Å². The molecule has 4 rings (SSSR count). The van der Waals surface area contributed by atoms with Crippen LogP contribution >= 0.6 is 0 Å². The summed E-state index contributed by atoms with van der Waals surface area (Å²) >= 11 is 0. The number of anilines is 1. The molecule has 0 unspecified atom stereocenters. The average molecular weight is 387 g/mol. The van der Waals surface area contributed by atoms with Crippen LogP contribution in [0.25, 0.3) is 11.1 Å². The standard InChI is InChI=1S/C20H28N4O2.C2H6/c1-2-9-21-20-22-13-19-17(14-7-10-26-11-8-14)12-18(24(19)23-20)15-3-5-16(25)6-4-15;1-2/h7,12-13,15-16,25H,2-6,8-11H2,1H3,(H,21,23);1-2H3. The second-order valence-electron chi connectivity index (χ2n) is 7.35. The van der Waals surface area contributed by atoms with Crippen LogP contribution in [0.2, 0.25) is 0 Å². The van der Waals surface area contributed by atoms with Crippen LogP contribution in [0, 0.1) is 0 Å². The Hall–Kier alpha value is -1.92. The maximum absolute atomic E-state index is 9.87. The number of hydrogen-bond donors (Lipinski definition) is 2. The van der Waals surface area contributed by atoms with Crippen LogP contribution in [0.5, 0.6) is 0 Å². The molecule has 0 bridgehead atoms. The van der Waals surface area contributed by atoms with Crippen molar-refractivity contribution < 1.29 is 9.84 Å². The number of nitrogens with zero attached hydrogens (tertiary/aromatic N) is 3. The van der Waals surface area contributed by atoms with Crippen molar-refractivity contribution in [2.45, 2.75) is 71.3 Å². The summed E-state index contributed by atoms with van der Waals surface area (Å²) in [5, 5.41) is 18.0. The lowest BCUT2D eigenvalue weighted by molar-refractivity contribution is 0.121. The summed E-state index contributed by atoms with van der Waals surface area (Å²) < 4.78 is 7.56. The van der Waals surface area contributed by atoms with E-state index in [4.69, 9.17) is 9.84 Å². The Morgan fingerprint density at radius 1 is 1.25 bits per heavy atom. The molecule has 1 aliphatic carbocycles. The molecule has 2 N–H and O–H groups in total. The van der Waals surface area contributed by atoms with Crippen molar-refractivity contribution in [1.82, 2.24) is 14.6 Å². The van der Waals surface area contributed by atoms with Gasteiger partial charge < -0.3 is 15.2 Å². The Balaban J connectivity index is 0.00000109. The molecule has 0 spiro atoms. The van der Waals surface area contributed by atoms with Gasteiger partial charge in [0.05, 0.1) is 31.0 Å². The number of fused-ring (bicyclic) bond motifs is 1. The third-order valence-electron chi connectivity index (χ3n) is 5.50. The quantitative estimate of drug-likeness (QED) is 0.797. The molecule has 2 aromatic heterocycles. The van der Waals surface area contributed by atoms with E-state index in [9.17, 15) is 5.11 Å². The lowest BCUT2D eigenvalue weighted by atomic mass is 9.85. The highest BCUT2D eigenvalue weighted by molar-refractivity contribution is 5.79. The van der Waals surface area contributed by atoms with Gasteiger partial charge in [-0.3, -0.25) is 0 Å². The van der Waals surface area contributed by atoms with Gasteiger partial charge in [0, 0.05) is 23.7 Å². The number of aliphatic hydroxyl groups is 1. The maximum Gasteiger partial charge on any atom is 0.241 e. The van der Waals surface area contributed by atoms with Gasteiger partial charge in [-0.25, -0.2) is 9.50 Å². The summed E-state index contributed by atoms with van der Waals surface area (Å²) in [6, 6.07) is 2.30. The molecule has 3 heterocycles. The molecule has 0 aromatic carbocycles. The Bertz CT molecular complexity index is 791. The summed E-state index contributed by atoms with van der Waals surface area (Å²) in [5.41, 5.74) is 4.88. The first-order chi connectivity index (χ1) is 13.8. The zero-order valence-corrected chi connectivity index (χ0v) is 17.4. The Labute approximate surface area is 168 Å². The molecule has 0 radical (unpaired) electrons. The number of hydrogen-bond acceptors (Lipinski definition) is 5. The zero-order chi connectivity index (χ0) is 19.9. The van der Waals surface area contributed by atoms with Gasteiger partial charge in [-0.15, -0.1) is 5.10 Å². The van der Waals surface area contributed by atoms with Crippen molar-refractivity contribution in [3.63, 3.8) is 0 Å². The molecule has 6 heteroatoms. The highest BCUT2D eigenvalue weighted by Crippen LogP contribution is 2.37. The first-order valence-corrected chi connectivity index (χ1v) is 10.8. The first-order valence-electron chi connectivity index (χ1n) is 10.8. The van der Waals surface area contributed by atoms with Crippen molar-refractivity contribution >= 4 is 17.0 Å². The molecule has 0 atom stereocenters. The van der Waals surface area contributed by atoms with E-state index in [1.165, 1.54) is 16.8 Å². The zero-order valence-electron chi connectivity index (χ0n) is 17.4. The van der Waals surface area contributed by atoms with Crippen LogP contribution < -0.4 is 5.32 Å². The normalized spacial score (nSPS) is 22.4. The van der Waals surface area contributed by atoms with E-state index < -0.39 is 0 Å². The molecule has 0 saturated heterocycles. The molecule has 1 fully saturated rings. The number of ether oxygens (including phenoxy) is 1. The SMILES string of the molecule is CC.CCCNc1ncc2c(C3=CCOCC3)cc(C3CCC(O)CC3)n2n1. The predicted octanol–water partition coefficient (Wildman–Crippen LogP) is 4.40. The molecule has 2 aliphatic rings. The van der Waals surface area contributed by atoms with Gasteiger partial charge in [0.2, 0.25) is 5.95 Å². The van der Waals surface area contributed by atoms with Crippen molar-refractivity contribution in [2.24, 2.45) is 0 Å². The van der Waals surface area contributed by atoms with E-state index >= 15 is 0 Å². The minimum atomic E-state index is -0.147. The minimum Gasteiger partial charge on any atom is -0.393 e. The van der Waals surface area contributed by atoms with Gasteiger partial charge in [-0.05, 0) is 50.2 Å². The van der Waals surface area contributed by atoms with Crippen LogP contribution in [0.4, 0.5) is 5.95 Å². The summed E-state index contributed by atoms with van der Waals surface area (Å²) in [6.07, 6.45) is 9.70. The van der Waals surface area contributed by atoms with E-state index in [0.29, 0.717) is 18.5 Å². The molecular weight excluding hydrogens is 352 g/mol. The topological polar surface area (TPSA) is 71.7 Å². The Kier molecular flexibility index (Phi) is 7.45. The Morgan fingerprint density at radius 3 is 2.71 bits per heavy atom. The molecule has 6 nitrogen and oxygen atoms in total. The molecular formula is C22H34N4O2. The number of aromatic nitrogens is 3. The fourth-order valence-corrected chi connectivity index (χ4v) is 4.02. The number of rotatable bonds is 5. The van der Waals surface area contributed by atoms with Crippen molar-refractivity contribution in [3.05, 3.63) is 29.6 Å². The largest absolute Gasteiger partial charge is 0.393 e. The third kappa shape index (κ3) is 4.55. The molecule has 1 aliphatic heterocycles. The van der Waals surface area contributed by atoms with Gasteiger partial charge in [-0.2, -0.15) is 0 Å². The molecule has 0 amide bonds. The second kappa shape index (κ2) is 10.0. The highest BCUT2D eigenvalue weighted by Gasteiger charge is 2.26. The molecule has 154 valence electrons. The monoisotopic (exact) mass is 386 g/mol. The molecule has 1 saturated carbocycles. The lowest BCUT2D eigenvalue weighted by Crippen LogP contribution is -2.18.